The number of halogens is 1. The summed E-state index contributed by atoms with van der Waals surface area (Å²) in [4.78, 5) is 21.1. The van der Waals surface area contributed by atoms with Gasteiger partial charge in [0.1, 0.15) is 17.9 Å². The van der Waals surface area contributed by atoms with Gasteiger partial charge in [0.25, 0.3) is 0 Å². The standard InChI is InChI=1S/C23H19N3O4.ClH/c1-28-20-11-10-15(12-21(20)29-2)23(27)30-17-7-5-6-16(13-17)26-22-18-8-3-4-9-19(18)24-14-25-22;/h3-14H,1-2H3,(H,24,25,26);1H. The molecule has 0 unspecified atom stereocenters. The van der Waals surface area contributed by atoms with Crippen LogP contribution in [0.5, 0.6) is 17.2 Å². The predicted octanol–water partition coefficient (Wildman–Crippen LogP) is 5.03. The summed E-state index contributed by atoms with van der Waals surface area (Å²) in [7, 11) is 3.05. The molecule has 0 atom stereocenters. The van der Waals surface area contributed by atoms with E-state index < -0.39 is 5.97 Å². The van der Waals surface area contributed by atoms with Crippen LogP contribution in [0.4, 0.5) is 11.5 Å². The quantitative estimate of drug-likeness (QED) is 0.334. The van der Waals surface area contributed by atoms with Gasteiger partial charge in [0.15, 0.2) is 11.5 Å². The van der Waals surface area contributed by atoms with E-state index in [1.807, 2.05) is 30.3 Å². The van der Waals surface area contributed by atoms with E-state index in [-0.39, 0.29) is 12.4 Å². The number of benzene rings is 3. The summed E-state index contributed by atoms with van der Waals surface area (Å²) in [6, 6.07) is 19.7. The van der Waals surface area contributed by atoms with Crippen molar-refractivity contribution in [2.45, 2.75) is 0 Å². The number of methoxy groups -OCH3 is 2. The molecule has 7 nitrogen and oxygen atoms in total. The fraction of sp³-hybridized carbons (Fsp3) is 0.0870. The Morgan fingerprint density at radius 2 is 1.68 bits per heavy atom. The number of esters is 1. The highest BCUT2D eigenvalue weighted by molar-refractivity contribution is 5.92. The van der Waals surface area contributed by atoms with E-state index in [4.69, 9.17) is 14.2 Å². The Morgan fingerprint density at radius 1 is 0.871 bits per heavy atom. The molecule has 0 saturated heterocycles. The number of hydrogen-bond acceptors (Lipinski definition) is 7. The number of nitrogens with one attached hydrogen (secondary N) is 1. The Balaban J connectivity index is 0.00000272. The first-order chi connectivity index (χ1) is 14.7. The van der Waals surface area contributed by atoms with Crippen LogP contribution in [0.15, 0.2) is 73.1 Å². The maximum atomic E-state index is 12.6. The van der Waals surface area contributed by atoms with Crippen LogP contribution in [0, 0.1) is 0 Å². The molecule has 0 fully saturated rings. The fourth-order valence-electron chi connectivity index (χ4n) is 3.01. The zero-order valence-corrected chi connectivity index (χ0v) is 17.7. The molecule has 0 spiro atoms. The third-order valence-electron chi connectivity index (χ3n) is 4.47. The van der Waals surface area contributed by atoms with E-state index in [0.717, 1.165) is 16.6 Å². The van der Waals surface area contributed by atoms with E-state index in [1.165, 1.54) is 20.5 Å². The van der Waals surface area contributed by atoms with E-state index in [2.05, 4.69) is 15.3 Å². The van der Waals surface area contributed by atoms with Crippen molar-refractivity contribution in [1.82, 2.24) is 9.97 Å². The molecule has 31 heavy (non-hydrogen) atoms. The van der Waals surface area contributed by atoms with Gasteiger partial charge in [-0.25, -0.2) is 14.8 Å². The zero-order valence-electron chi connectivity index (χ0n) is 16.9. The van der Waals surface area contributed by atoms with Crippen molar-refractivity contribution in [2.75, 3.05) is 19.5 Å². The van der Waals surface area contributed by atoms with Crippen LogP contribution in [0.2, 0.25) is 0 Å². The summed E-state index contributed by atoms with van der Waals surface area (Å²) in [5.74, 6) is 1.57. The first-order valence-electron chi connectivity index (χ1n) is 9.19. The molecule has 0 radical (unpaired) electrons. The molecular weight excluding hydrogens is 418 g/mol. The van der Waals surface area contributed by atoms with Crippen molar-refractivity contribution < 1.29 is 19.0 Å². The predicted molar refractivity (Wildman–Crippen MR) is 121 cm³/mol. The molecule has 4 aromatic rings. The number of nitrogens with zero attached hydrogens (tertiary/aromatic N) is 2. The van der Waals surface area contributed by atoms with Gasteiger partial charge in [0.2, 0.25) is 0 Å². The zero-order chi connectivity index (χ0) is 20.9. The van der Waals surface area contributed by atoms with Gasteiger partial charge >= 0.3 is 5.97 Å². The number of fused-ring (bicyclic) bond motifs is 1. The van der Waals surface area contributed by atoms with Gasteiger partial charge in [0, 0.05) is 17.1 Å². The third kappa shape index (κ3) is 4.84. The van der Waals surface area contributed by atoms with Gasteiger partial charge in [-0.3, -0.25) is 0 Å². The minimum atomic E-state index is -0.499. The molecule has 3 aromatic carbocycles. The largest absolute Gasteiger partial charge is 0.493 e. The number of para-hydroxylation sites is 1. The molecule has 4 rings (SSSR count). The Bertz CT molecular complexity index is 1210. The molecule has 1 N–H and O–H groups in total. The number of aromatic nitrogens is 2. The summed E-state index contributed by atoms with van der Waals surface area (Å²) in [5.41, 5.74) is 1.93. The summed E-state index contributed by atoms with van der Waals surface area (Å²) < 4.78 is 16.0. The lowest BCUT2D eigenvalue weighted by Gasteiger charge is -2.11. The summed E-state index contributed by atoms with van der Waals surface area (Å²) >= 11 is 0. The topological polar surface area (TPSA) is 82.6 Å². The third-order valence-corrected chi connectivity index (χ3v) is 4.47. The second-order valence-corrected chi connectivity index (χ2v) is 6.35. The normalized spacial score (nSPS) is 10.1. The molecular formula is C23H20ClN3O4. The monoisotopic (exact) mass is 437 g/mol. The van der Waals surface area contributed by atoms with Gasteiger partial charge in [-0.15, -0.1) is 12.4 Å². The fourth-order valence-corrected chi connectivity index (χ4v) is 3.01. The second kappa shape index (κ2) is 9.77. The van der Waals surface area contributed by atoms with Crippen molar-refractivity contribution >= 4 is 40.8 Å². The maximum Gasteiger partial charge on any atom is 0.343 e. The van der Waals surface area contributed by atoms with Crippen molar-refractivity contribution in [3.63, 3.8) is 0 Å². The van der Waals surface area contributed by atoms with Gasteiger partial charge < -0.3 is 19.5 Å². The minimum Gasteiger partial charge on any atom is -0.493 e. The minimum absolute atomic E-state index is 0. The first kappa shape index (κ1) is 21.9. The second-order valence-electron chi connectivity index (χ2n) is 6.35. The van der Waals surface area contributed by atoms with Crippen LogP contribution >= 0.6 is 12.4 Å². The number of rotatable bonds is 6. The van der Waals surface area contributed by atoms with Crippen LogP contribution < -0.4 is 19.5 Å². The molecule has 0 saturated carbocycles. The SMILES string of the molecule is COc1ccc(C(=O)Oc2cccc(Nc3ncnc4ccccc34)c2)cc1OC.Cl. The molecule has 158 valence electrons. The van der Waals surface area contributed by atoms with Crippen molar-refractivity contribution in [3.8, 4) is 17.2 Å². The van der Waals surface area contributed by atoms with Gasteiger partial charge in [-0.1, -0.05) is 18.2 Å². The Hall–Kier alpha value is -3.84. The molecule has 0 amide bonds. The average Bonchev–Trinajstić information content (AvgIpc) is 2.79. The number of carbonyl (C=O) groups excluding carboxylic acids is 1. The van der Waals surface area contributed by atoms with E-state index in [9.17, 15) is 4.79 Å². The summed E-state index contributed by atoms with van der Waals surface area (Å²) in [5, 5.41) is 4.15. The smallest absolute Gasteiger partial charge is 0.343 e. The lowest BCUT2D eigenvalue weighted by atomic mass is 10.2. The molecule has 0 aliphatic rings. The molecule has 0 aliphatic heterocycles. The molecule has 0 bridgehead atoms. The van der Waals surface area contributed by atoms with Crippen LogP contribution in [-0.2, 0) is 0 Å². The lowest BCUT2D eigenvalue weighted by molar-refractivity contribution is 0.0734. The van der Waals surface area contributed by atoms with Crippen LogP contribution in [-0.4, -0.2) is 30.2 Å². The number of carbonyl (C=O) groups is 1. The molecule has 8 heteroatoms. The van der Waals surface area contributed by atoms with Crippen molar-refractivity contribution in [3.05, 3.63) is 78.6 Å². The number of anilines is 2. The van der Waals surface area contributed by atoms with Crippen LogP contribution in [0.25, 0.3) is 10.9 Å². The van der Waals surface area contributed by atoms with E-state index in [0.29, 0.717) is 28.6 Å². The van der Waals surface area contributed by atoms with Crippen LogP contribution in [0.1, 0.15) is 10.4 Å². The highest BCUT2D eigenvalue weighted by atomic mass is 35.5. The first-order valence-corrected chi connectivity index (χ1v) is 9.19. The maximum absolute atomic E-state index is 12.6. The lowest BCUT2D eigenvalue weighted by Crippen LogP contribution is -2.09. The number of hydrogen-bond donors (Lipinski definition) is 1. The molecule has 1 heterocycles. The Labute approximate surface area is 185 Å². The molecule has 0 aliphatic carbocycles. The number of ether oxygens (including phenoxy) is 3. The van der Waals surface area contributed by atoms with Crippen LogP contribution in [0.3, 0.4) is 0 Å². The Morgan fingerprint density at radius 3 is 2.48 bits per heavy atom. The molecule has 1 aromatic heterocycles. The summed E-state index contributed by atoms with van der Waals surface area (Å²) in [6.07, 6.45) is 1.51. The highest BCUT2D eigenvalue weighted by Gasteiger charge is 2.13. The summed E-state index contributed by atoms with van der Waals surface area (Å²) in [6.45, 7) is 0. The van der Waals surface area contributed by atoms with Gasteiger partial charge in [0.05, 0.1) is 25.3 Å². The van der Waals surface area contributed by atoms with E-state index in [1.54, 1.807) is 36.4 Å². The van der Waals surface area contributed by atoms with Gasteiger partial charge in [-0.05, 0) is 42.5 Å². The Kier molecular flexibility index (Phi) is 6.89. The van der Waals surface area contributed by atoms with Crippen molar-refractivity contribution in [2.24, 2.45) is 0 Å². The van der Waals surface area contributed by atoms with Crippen molar-refractivity contribution in [1.29, 1.82) is 0 Å². The average molecular weight is 438 g/mol. The van der Waals surface area contributed by atoms with Gasteiger partial charge in [-0.2, -0.15) is 0 Å². The van der Waals surface area contributed by atoms with E-state index >= 15 is 0 Å². The highest BCUT2D eigenvalue weighted by Crippen LogP contribution is 2.29.